The van der Waals surface area contributed by atoms with Crippen molar-refractivity contribution in [3.63, 3.8) is 0 Å². The first-order chi connectivity index (χ1) is 8.53. The first-order valence-electron chi connectivity index (χ1n) is 6.95. The van der Waals surface area contributed by atoms with Gasteiger partial charge in [0.1, 0.15) is 0 Å². The van der Waals surface area contributed by atoms with Crippen LogP contribution in [0.1, 0.15) is 43.9 Å². The Labute approximate surface area is 110 Å². The molecule has 0 radical (unpaired) electrons. The van der Waals surface area contributed by atoms with E-state index in [1.807, 2.05) is 20.8 Å². The third-order valence-corrected chi connectivity index (χ3v) is 3.91. The summed E-state index contributed by atoms with van der Waals surface area (Å²) in [5, 5.41) is 10.3. The Hall–Kier alpha value is -0.860. The number of hydrogen-bond acceptors (Lipinski definition) is 2. The maximum atomic E-state index is 10.3. The second-order valence-electron chi connectivity index (χ2n) is 5.71. The standard InChI is InChI=1S/C16H24O2/c1-4-18-16(2,3)15(17)11-12-8-9-13-6-5-7-14(13)10-12/h8-10,15,17H,4-7,11H2,1-3H3. The molecule has 1 aliphatic carbocycles. The van der Waals surface area contributed by atoms with Crippen LogP contribution in [0.4, 0.5) is 0 Å². The molecule has 18 heavy (non-hydrogen) atoms. The van der Waals surface area contributed by atoms with Gasteiger partial charge in [-0.15, -0.1) is 0 Å². The first kappa shape index (κ1) is 13.6. The van der Waals surface area contributed by atoms with E-state index < -0.39 is 11.7 Å². The zero-order valence-electron chi connectivity index (χ0n) is 11.7. The van der Waals surface area contributed by atoms with E-state index in [-0.39, 0.29) is 0 Å². The lowest BCUT2D eigenvalue weighted by molar-refractivity contribution is -0.0955. The number of aliphatic hydroxyl groups is 1. The summed E-state index contributed by atoms with van der Waals surface area (Å²) in [7, 11) is 0. The number of aryl methyl sites for hydroxylation is 2. The summed E-state index contributed by atoms with van der Waals surface area (Å²) in [4.78, 5) is 0. The van der Waals surface area contributed by atoms with Crippen molar-refractivity contribution in [2.45, 2.75) is 58.2 Å². The van der Waals surface area contributed by atoms with E-state index in [2.05, 4.69) is 18.2 Å². The van der Waals surface area contributed by atoms with Gasteiger partial charge in [-0.2, -0.15) is 0 Å². The average Bonchev–Trinajstić information content (AvgIpc) is 2.76. The van der Waals surface area contributed by atoms with Gasteiger partial charge < -0.3 is 9.84 Å². The molecule has 1 N–H and O–H groups in total. The van der Waals surface area contributed by atoms with Gasteiger partial charge in [-0.1, -0.05) is 18.2 Å². The first-order valence-corrected chi connectivity index (χ1v) is 6.95. The van der Waals surface area contributed by atoms with Gasteiger partial charge in [0.05, 0.1) is 11.7 Å². The Bertz CT molecular complexity index is 410. The number of benzene rings is 1. The predicted octanol–water partition coefficient (Wildman–Crippen LogP) is 2.89. The van der Waals surface area contributed by atoms with Crippen LogP contribution in [0.15, 0.2) is 18.2 Å². The smallest absolute Gasteiger partial charge is 0.0887 e. The summed E-state index contributed by atoms with van der Waals surface area (Å²) in [6, 6.07) is 6.63. The summed E-state index contributed by atoms with van der Waals surface area (Å²) >= 11 is 0. The maximum absolute atomic E-state index is 10.3. The van der Waals surface area contributed by atoms with Gasteiger partial charge in [0.25, 0.3) is 0 Å². The van der Waals surface area contributed by atoms with Crippen LogP contribution in [0, 0.1) is 0 Å². The molecule has 0 saturated carbocycles. The van der Waals surface area contributed by atoms with E-state index in [0.717, 1.165) is 0 Å². The number of hydrogen-bond donors (Lipinski definition) is 1. The van der Waals surface area contributed by atoms with Gasteiger partial charge in [-0.05, 0) is 56.7 Å². The molecule has 2 heteroatoms. The Balaban J connectivity index is 2.05. The zero-order chi connectivity index (χ0) is 13.2. The fourth-order valence-electron chi connectivity index (χ4n) is 2.69. The van der Waals surface area contributed by atoms with Crippen LogP contribution in [-0.2, 0) is 24.0 Å². The van der Waals surface area contributed by atoms with Gasteiger partial charge in [0.2, 0.25) is 0 Å². The van der Waals surface area contributed by atoms with Crippen LogP contribution >= 0.6 is 0 Å². The molecule has 0 saturated heterocycles. The van der Waals surface area contributed by atoms with E-state index >= 15 is 0 Å². The fraction of sp³-hybridized carbons (Fsp3) is 0.625. The zero-order valence-corrected chi connectivity index (χ0v) is 11.7. The van der Waals surface area contributed by atoms with Gasteiger partial charge in [-0.3, -0.25) is 0 Å². The number of ether oxygens (including phenoxy) is 1. The van der Waals surface area contributed by atoms with Crippen molar-refractivity contribution >= 4 is 0 Å². The third-order valence-electron chi connectivity index (χ3n) is 3.91. The molecule has 0 heterocycles. The Morgan fingerprint density at radius 2 is 2.00 bits per heavy atom. The van der Waals surface area contributed by atoms with Gasteiger partial charge in [0, 0.05) is 13.0 Å². The molecule has 0 fully saturated rings. The number of aliphatic hydroxyl groups excluding tert-OH is 1. The van der Waals surface area contributed by atoms with Crippen LogP contribution < -0.4 is 0 Å². The van der Waals surface area contributed by atoms with Gasteiger partial charge in [0.15, 0.2) is 0 Å². The molecule has 0 spiro atoms. The number of fused-ring (bicyclic) bond motifs is 1. The van der Waals surface area contributed by atoms with Crippen molar-refractivity contribution in [3.05, 3.63) is 34.9 Å². The lowest BCUT2D eigenvalue weighted by atomic mass is 9.93. The van der Waals surface area contributed by atoms with Crippen molar-refractivity contribution in [2.24, 2.45) is 0 Å². The molecule has 1 unspecified atom stereocenters. The van der Waals surface area contributed by atoms with Crippen molar-refractivity contribution in [1.82, 2.24) is 0 Å². The quantitative estimate of drug-likeness (QED) is 0.868. The van der Waals surface area contributed by atoms with Crippen molar-refractivity contribution in [3.8, 4) is 0 Å². The highest BCUT2D eigenvalue weighted by Crippen LogP contribution is 2.25. The Morgan fingerprint density at radius 3 is 2.72 bits per heavy atom. The molecule has 1 aliphatic rings. The molecule has 1 aromatic carbocycles. The third kappa shape index (κ3) is 2.93. The average molecular weight is 248 g/mol. The maximum Gasteiger partial charge on any atom is 0.0887 e. The molecule has 2 nitrogen and oxygen atoms in total. The molecule has 0 aromatic heterocycles. The van der Waals surface area contributed by atoms with E-state index in [1.54, 1.807) is 0 Å². The second kappa shape index (κ2) is 5.41. The lowest BCUT2D eigenvalue weighted by Crippen LogP contribution is -2.40. The molecule has 100 valence electrons. The minimum atomic E-state index is -0.478. The number of rotatable bonds is 5. The SMILES string of the molecule is CCOC(C)(C)C(O)Cc1ccc2c(c1)CCC2. The van der Waals surface area contributed by atoms with Crippen LogP contribution in [0.25, 0.3) is 0 Å². The second-order valence-corrected chi connectivity index (χ2v) is 5.71. The normalized spacial score (nSPS) is 16.7. The monoisotopic (exact) mass is 248 g/mol. The molecule has 1 aromatic rings. The highest BCUT2D eigenvalue weighted by molar-refractivity contribution is 5.35. The van der Waals surface area contributed by atoms with E-state index in [9.17, 15) is 5.11 Å². The molecule has 0 bridgehead atoms. The lowest BCUT2D eigenvalue weighted by Gasteiger charge is -2.30. The molecule has 2 rings (SSSR count). The van der Waals surface area contributed by atoms with Crippen LogP contribution in [0.2, 0.25) is 0 Å². The van der Waals surface area contributed by atoms with Crippen LogP contribution in [0.5, 0.6) is 0 Å². The van der Waals surface area contributed by atoms with Crippen molar-refractivity contribution in [2.75, 3.05) is 6.61 Å². The van der Waals surface area contributed by atoms with E-state index in [1.165, 1.54) is 36.0 Å². The molecule has 0 aliphatic heterocycles. The summed E-state index contributed by atoms with van der Waals surface area (Å²) in [6.45, 7) is 6.50. The van der Waals surface area contributed by atoms with E-state index in [4.69, 9.17) is 4.74 Å². The van der Waals surface area contributed by atoms with Crippen molar-refractivity contribution in [1.29, 1.82) is 0 Å². The largest absolute Gasteiger partial charge is 0.390 e. The summed E-state index contributed by atoms with van der Waals surface area (Å²) in [6.07, 6.45) is 3.87. The highest BCUT2D eigenvalue weighted by Gasteiger charge is 2.28. The topological polar surface area (TPSA) is 29.5 Å². The van der Waals surface area contributed by atoms with E-state index in [0.29, 0.717) is 13.0 Å². The minimum Gasteiger partial charge on any atom is -0.390 e. The summed E-state index contributed by atoms with van der Waals surface area (Å²) in [5.74, 6) is 0. The molecular weight excluding hydrogens is 224 g/mol. The van der Waals surface area contributed by atoms with Crippen molar-refractivity contribution < 1.29 is 9.84 Å². The van der Waals surface area contributed by atoms with Crippen LogP contribution in [-0.4, -0.2) is 23.4 Å². The molecule has 1 atom stereocenters. The predicted molar refractivity (Wildman–Crippen MR) is 73.9 cm³/mol. The summed E-state index contributed by atoms with van der Waals surface area (Å²) < 4.78 is 5.61. The summed E-state index contributed by atoms with van der Waals surface area (Å²) in [5.41, 5.74) is 3.69. The molecule has 0 amide bonds. The van der Waals surface area contributed by atoms with Gasteiger partial charge in [-0.25, -0.2) is 0 Å². The minimum absolute atomic E-state index is 0.461. The Morgan fingerprint density at radius 1 is 1.28 bits per heavy atom. The highest BCUT2D eigenvalue weighted by atomic mass is 16.5. The molecular formula is C16H24O2. The fourth-order valence-corrected chi connectivity index (χ4v) is 2.69. The van der Waals surface area contributed by atoms with Crippen LogP contribution in [0.3, 0.4) is 0 Å². The van der Waals surface area contributed by atoms with Gasteiger partial charge >= 0.3 is 0 Å². The Kier molecular flexibility index (Phi) is 4.08.